The number of benzene rings is 2. The van der Waals surface area contributed by atoms with Crippen molar-refractivity contribution >= 4 is 11.6 Å². The maximum absolute atomic E-state index is 12.8. The third-order valence-corrected chi connectivity index (χ3v) is 5.45. The molecule has 0 saturated heterocycles. The van der Waals surface area contributed by atoms with Crippen LogP contribution in [0.15, 0.2) is 48.5 Å². The molecule has 0 radical (unpaired) electrons. The molecule has 1 amide bonds. The number of likely N-dealkylation sites (N-methyl/N-ethyl adjacent to an activating group) is 1. The molecule has 2 aromatic rings. The van der Waals surface area contributed by atoms with Crippen LogP contribution in [0.5, 0.6) is 5.75 Å². The molecule has 1 atom stereocenters. The Bertz CT molecular complexity index is 747. The number of fused-ring (bicyclic) bond motifs is 1. The largest absolute Gasteiger partial charge is 0.490 e. The number of ether oxygens (including phenoxy) is 1. The van der Waals surface area contributed by atoms with E-state index < -0.39 is 0 Å². The second kappa shape index (κ2) is 6.91. The van der Waals surface area contributed by atoms with Crippen LogP contribution in [0.25, 0.3) is 0 Å². The van der Waals surface area contributed by atoms with E-state index in [1.165, 1.54) is 31.2 Å². The van der Waals surface area contributed by atoms with Crippen molar-refractivity contribution in [2.24, 2.45) is 0 Å². The summed E-state index contributed by atoms with van der Waals surface area (Å²) in [7, 11) is 0. The molecule has 0 aromatic heterocycles. The summed E-state index contributed by atoms with van der Waals surface area (Å²) in [5, 5.41) is 0. The Morgan fingerprint density at radius 3 is 2.48 bits per heavy atom. The number of hydrogen-bond donors (Lipinski definition) is 0. The van der Waals surface area contributed by atoms with Crippen molar-refractivity contribution in [1.29, 1.82) is 0 Å². The van der Waals surface area contributed by atoms with Gasteiger partial charge in [0.15, 0.2) is 0 Å². The average molecular weight is 335 g/mol. The van der Waals surface area contributed by atoms with E-state index in [2.05, 4.69) is 36.4 Å². The molecule has 130 valence electrons. The Labute approximate surface area is 149 Å². The van der Waals surface area contributed by atoms with Crippen LogP contribution in [0.2, 0.25) is 0 Å². The van der Waals surface area contributed by atoms with Crippen molar-refractivity contribution in [3.8, 4) is 5.75 Å². The molecule has 25 heavy (non-hydrogen) atoms. The Hall–Kier alpha value is -2.29. The number of carbonyl (C=O) groups excluding carboxylic acids is 1. The summed E-state index contributed by atoms with van der Waals surface area (Å²) < 4.78 is 6.04. The highest BCUT2D eigenvalue weighted by molar-refractivity contribution is 6.05. The summed E-state index contributed by atoms with van der Waals surface area (Å²) in [4.78, 5) is 14.7. The number of hydrogen-bond acceptors (Lipinski definition) is 2. The molecule has 1 fully saturated rings. The van der Waals surface area contributed by atoms with E-state index in [1.807, 2.05) is 24.0 Å². The maximum atomic E-state index is 12.8. The van der Waals surface area contributed by atoms with Gasteiger partial charge in [0.05, 0.1) is 12.0 Å². The van der Waals surface area contributed by atoms with Crippen LogP contribution in [-0.2, 0) is 11.2 Å². The van der Waals surface area contributed by atoms with Crippen molar-refractivity contribution in [2.45, 2.75) is 51.0 Å². The second-order valence-corrected chi connectivity index (χ2v) is 7.07. The van der Waals surface area contributed by atoms with Crippen LogP contribution in [0.1, 0.15) is 49.7 Å². The Balaban J connectivity index is 1.49. The minimum absolute atomic E-state index is 0.0715. The quantitative estimate of drug-likeness (QED) is 0.792. The van der Waals surface area contributed by atoms with E-state index in [4.69, 9.17) is 4.74 Å². The van der Waals surface area contributed by atoms with Crippen molar-refractivity contribution < 1.29 is 9.53 Å². The van der Waals surface area contributed by atoms with Crippen LogP contribution in [0.3, 0.4) is 0 Å². The molecular formula is C22H25NO2. The van der Waals surface area contributed by atoms with E-state index in [-0.39, 0.29) is 11.8 Å². The minimum atomic E-state index is -0.0715. The number of para-hydroxylation sites is 1. The minimum Gasteiger partial charge on any atom is -0.490 e. The van der Waals surface area contributed by atoms with Crippen molar-refractivity contribution in [3.63, 3.8) is 0 Å². The van der Waals surface area contributed by atoms with E-state index in [1.54, 1.807) is 0 Å². The van der Waals surface area contributed by atoms with Gasteiger partial charge in [0.1, 0.15) is 5.75 Å². The zero-order valence-corrected chi connectivity index (χ0v) is 14.8. The molecule has 4 rings (SSSR count). The molecule has 2 aliphatic rings. The highest BCUT2D eigenvalue weighted by Gasteiger charge is 2.35. The van der Waals surface area contributed by atoms with Crippen molar-refractivity contribution in [3.05, 3.63) is 59.7 Å². The molecule has 0 N–H and O–H groups in total. The first-order chi connectivity index (χ1) is 12.3. The predicted octanol–water partition coefficient (Wildman–Crippen LogP) is 4.70. The smallest absolute Gasteiger partial charge is 0.234 e. The summed E-state index contributed by atoms with van der Waals surface area (Å²) in [6, 6.07) is 16.5. The van der Waals surface area contributed by atoms with E-state index in [0.29, 0.717) is 6.10 Å². The summed E-state index contributed by atoms with van der Waals surface area (Å²) >= 11 is 0. The van der Waals surface area contributed by atoms with Gasteiger partial charge in [0, 0.05) is 12.2 Å². The van der Waals surface area contributed by atoms with Crippen molar-refractivity contribution in [2.75, 3.05) is 11.4 Å². The van der Waals surface area contributed by atoms with E-state index >= 15 is 0 Å². The number of rotatable bonds is 5. The topological polar surface area (TPSA) is 29.5 Å². The zero-order valence-electron chi connectivity index (χ0n) is 14.8. The molecule has 0 spiro atoms. The Kier molecular flexibility index (Phi) is 4.48. The lowest BCUT2D eigenvalue weighted by Gasteiger charge is -2.16. The molecule has 1 heterocycles. The van der Waals surface area contributed by atoms with Crippen molar-refractivity contribution in [1.82, 2.24) is 0 Å². The molecule has 1 aliphatic heterocycles. The Morgan fingerprint density at radius 1 is 1.04 bits per heavy atom. The number of nitrogens with zero attached hydrogens (tertiary/aromatic N) is 1. The van der Waals surface area contributed by atoms with Gasteiger partial charge >= 0.3 is 0 Å². The first-order valence-corrected chi connectivity index (χ1v) is 9.42. The summed E-state index contributed by atoms with van der Waals surface area (Å²) in [5.74, 6) is 1.09. The highest BCUT2D eigenvalue weighted by atomic mass is 16.5. The van der Waals surface area contributed by atoms with Gasteiger partial charge in [-0.3, -0.25) is 4.79 Å². The van der Waals surface area contributed by atoms with Gasteiger partial charge in [-0.2, -0.15) is 0 Å². The van der Waals surface area contributed by atoms with Gasteiger partial charge in [0.25, 0.3) is 0 Å². The lowest BCUT2D eigenvalue weighted by Crippen LogP contribution is -2.29. The molecular weight excluding hydrogens is 310 g/mol. The highest BCUT2D eigenvalue weighted by Crippen LogP contribution is 2.39. The van der Waals surface area contributed by atoms with Crippen LogP contribution in [0.4, 0.5) is 5.69 Å². The third kappa shape index (κ3) is 3.15. The first-order valence-electron chi connectivity index (χ1n) is 9.42. The summed E-state index contributed by atoms with van der Waals surface area (Å²) in [6.07, 6.45) is 6.02. The van der Waals surface area contributed by atoms with Crippen LogP contribution >= 0.6 is 0 Å². The first kappa shape index (κ1) is 16.2. The average Bonchev–Trinajstić information content (AvgIpc) is 3.23. The fourth-order valence-electron chi connectivity index (χ4n) is 4.13. The summed E-state index contributed by atoms with van der Waals surface area (Å²) in [5.41, 5.74) is 3.41. The molecule has 3 nitrogen and oxygen atoms in total. The molecule has 0 bridgehead atoms. The van der Waals surface area contributed by atoms with Gasteiger partial charge in [0.2, 0.25) is 5.91 Å². The van der Waals surface area contributed by atoms with E-state index in [9.17, 15) is 4.79 Å². The lowest BCUT2D eigenvalue weighted by atomic mass is 9.93. The molecule has 1 unspecified atom stereocenters. The second-order valence-electron chi connectivity index (χ2n) is 7.07. The van der Waals surface area contributed by atoms with E-state index in [0.717, 1.165) is 30.0 Å². The zero-order chi connectivity index (χ0) is 17.2. The standard InChI is InChI=1S/C22H25NO2/c1-2-23-21-10-6-5-9-19(21)20(22(23)24)15-16-11-13-18(14-12-16)25-17-7-3-4-8-17/h5-6,9-14,17,20H,2-4,7-8,15H2,1H3. The fraction of sp³-hybridized carbons (Fsp3) is 0.409. The molecule has 1 aliphatic carbocycles. The van der Waals surface area contributed by atoms with Crippen LogP contribution in [-0.4, -0.2) is 18.6 Å². The SMILES string of the molecule is CCN1C(=O)C(Cc2ccc(OC3CCCC3)cc2)c2ccccc21. The maximum Gasteiger partial charge on any atom is 0.234 e. The predicted molar refractivity (Wildman–Crippen MR) is 100 cm³/mol. The van der Waals surface area contributed by atoms with Crippen LogP contribution < -0.4 is 9.64 Å². The van der Waals surface area contributed by atoms with Gasteiger partial charge in [-0.15, -0.1) is 0 Å². The number of carbonyl (C=O) groups is 1. The fourth-order valence-corrected chi connectivity index (χ4v) is 4.13. The molecule has 2 aromatic carbocycles. The Morgan fingerprint density at radius 2 is 1.76 bits per heavy atom. The van der Waals surface area contributed by atoms with Gasteiger partial charge < -0.3 is 9.64 Å². The van der Waals surface area contributed by atoms with Gasteiger partial charge in [-0.05, 0) is 68.4 Å². The molecule has 1 saturated carbocycles. The normalized spacial score (nSPS) is 20.1. The monoisotopic (exact) mass is 335 g/mol. The number of anilines is 1. The van der Waals surface area contributed by atoms with Gasteiger partial charge in [-0.25, -0.2) is 0 Å². The summed E-state index contributed by atoms with van der Waals surface area (Å²) in [6.45, 7) is 2.76. The van der Waals surface area contributed by atoms with Gasteiger partial charge in [-0.1, -0.05) is 30.3 Å². The molecule has 3 heteroatoms. The lowest BCUT2D eigenvalue weighted by molar-refractivity contribution is -0.119. The number of amides is 1. The third-order valence-electron chi connectivity index (χ3n) is 5.45. The van der Waals surface area contributed by atoms with Crippen LogP contribution in [0, 0.1) is 0 Å².